The van der Waals surface area contributed by atoms with Crippen LogP contribution in [0, 0.1) is 10.1 Å². The number of hydrogen-bond acceptors (Lipinski definition) is 10. The van der Waals surface area contributed by atoms with Crippen molar-refractivity contribution >= 4 is 27.3 Å². The first-order chi connectivity index (χ1) is 11.7. The summed E-state index contributed by atoms with van der Waals surface area (Å²) in [6.07, 6.45) is 0.941. The van der Waals surface area contributed by atoms with Crippen molar-refractivity contribution in [1.82, 2.24) is 24.6 Å². The van der Waals surface area contributed by atoms with Gasteiger partial charge in [0.05, 0.1) is 12.0 Å². The van der Waals surface area contributed by atoms with Gasteiger partial charge in [0.2, 0.25) is 15.8 Å². The van der Waals surface area contributed by atoms with Crippen LogP contribution in [0.3, 0.4) is 0 Å². The third kappa shape index (κ3) is 2.91. The van der Waals surface area contributed by atoms with Gasteiger partial charge in [0.1, 0.15) is 0 Å². The van der Waals surface area contributed by atoms with Gasteiger partial charge >= 0.3 is 5.69 Å². The van der Waals surface area contributed by atoms with Crippen molar-refractivity contribution in [3.63, 3.8) is 0 Å². The van der Waals surface area contributed by atoms with Gasteiger partial charge in [0, 0.05) is 17.9 Å². The fourth-order valence-electron chi connectivity index (χ4n) is 2.04. The van der Waals surface area contributed by atoms with Crippen molar-refractivity contribution in [1.29, 1.82) is 0 Å². The summed E-state index contributed by atoms with van der Waals surface area (Å²) in [6.45, 7) is 0. The third-order valence-electron chi connectivity index (χ3n) is 3.18. The number of methoxy groups -OCH3 is 1. The van der Waals surface area contributed by atoms with E-state index in [1.54, 1.807) is 0 Å². The minimum absolute atomic E-state index is 0.0252. The Morgan fingerprint density at radius 1 is 1.28 bits per heavy atom. The van der Waals surface area contributed by atoms with Gasteiger partial charge in [-0.05, 0) is 12.1 Å². The van der Waals surface area contributed by atoms with Crippen molar-refractivity contribution in [2.75, 3.05) is 19.1 Å². The lowest BCUT2D eigenvalue weighted by molar-refractivity contribution is -0.385. The van der Waals surface area contributed by atoms with Crippen molar-refractivity contribution in [2.45, 2.75) is 5.16 Å². The predicted octanol–water partition coefficient (Wildman–Crippen LogP) is 0.0888. The first-order valence-corrected chi connectivity index (χ1v) is 8.53. The fourth-order valence-corrected chi connectivity index (χ4v) is 2.55. The van der Waals surface area contributed by atoms with E-state index in [1.807, 2.05) is 0 Å². The van der Waals surface area contributed by atoms with E-state index in [1.165, 1.54) is 25.3 Å². The average molecular weight is 365 g/mol. The topological polar surface area (TPSA) is 168 Å². The molecule has 2 heterocycles. The van der Waals surface area contributed by atoms with Crippen LogP contribution in [-0.2, 0) is 9.84 Å². The normalized spacial score (nSPS) is 11.6. The Morgan fingerprint density at radius 3 is 2.60 bits per heavy atom. The molecule has 0 saturated carbocycles. The molecule has 3 aromatic rings. The van der Waals surface area contributed by atoms with Gasteiger partial charge in [0.15, 0.2) is 11.6 Å². The largest absolute Gasteiger partial charge is 0.490 e. The molecule has 0 fully saturated rings. The average Bonchev–Trinajstić information content (AvgIpc) is 2.98. The molecule has 0 aliphatic heterocycles. The van der Waals surface area contributed by atoms with Crippen LogP contribution in [0.15, 0.2) is 23.4 Å². The number of ether oxygens (including phenoxy) is 1. The van der Waals surface area contributed by atoms with Gasteiger partial charge in [0.25, 0.3) is 10.9 Å². The smallest absolute Gasteiger partial charge is 0.310 e. The molecular weight excluding hydrogens is 354 g/mol. The van der Waals surface area contributed by atoms with E-state index in [-0.39, 0.29) is 29.0 Å². The monoisotopic (exact) mass is 365 g/mol. The summed E-state index contributed by atoms with van der Waals surface area (Å²) >= 11 is 0. The van der Waals surface area contributed by atoms with Crippen LogP contribution < -0.4 is 10.5 Å². The number of nitrogens with zero attached hydrogens (tertiary/aromatic N) is 6. The number of rotatable bonds is 4. The van der Waals surface area contributed by atoms with Crippen molar-refractivity contribution in [3.05, 3.63) is 28.3 Å². The summed E-state index contributed by atoms with van der Waals surface area (Å²) in [6, 6.07) is 4.06. The molecule has 0 saturated heterocycles. The highest BCUT2D eigenvalue weighted by Gasteiger charge is 2.20. The Balaban J connectivity index is 2.17. The van der Waals surface area contributed by atoms with Crippen LogP contribution in [0.1, 0.15) is 0 Å². The molecule has 0 amide bonds. The minimum Gasteiger partial charge on any atom is -0.490 e. The summed E-state index contributed by atoms with van der Waals surface area (Å²) in [7, 11) is -2.38. The van der Waals surface area contributed by atoms with Gasteiger partial charge in [-0.1, -0.05) is 0 Å². The van der Waals surface area contributed by atoms with Gasteiger partial charge in [-0.25, -0.2) is 8.42 Å². The molecule has 3 rings (SSSR count). The van der Waals surface area contributed by atoms with Crippen molar-refractivity contribution < 1.29 is 18.1 Å². The lowest BCUT2D eigenvalue weighted by Gasteiger charge is -2.02. The van der Waals surface area contributed by atoms with E-state index in [9.17, 15) is 18.5 Å². The SMILES string of the molecule is COc1cc(-c2nc3nc(S(C)(=O)=O)nc(N)n3n2)ccc1[N+](=O)[O-]. The summed E-state index contributed by atoms with van der Waals surface area (Å²) in [5.74, 6) is -0.129. The number of anilines is 1. The molecule has 2 aromatic heterocycles. The zero-order valence-electron chi connectivity index (χ0n) is 12.9. The zero-order chi connectivity index (χ0) is 18.4. The Kier molecular flexibility index (Phi) is 3.71. The Labute approximate surface area is 140 Å². The highest BCUT2D eigenvalue weighted by molar-refractivity contribution is 7.90. The van der Waals surface area contributed by atoms with E-state index >= 15 is 0 Å². The van der Waals surface area contributed by atoms with E-state index in [4.69, 9.17) is 10.5 Å². The maximum atomic E-state index is 11.6. The van der Waals surface area contributed by atoms with E-state index in [0.717, 1.165) is 10.8 Å². The molecule has 0 spiro atoms. The number of nitro benzene ring substituents is 1. The molecule has 2 N–H and O–H groups in total. The van der Waals surface area contributed by atoms with E-state index in [0.29, 0.717) is 5.56 Å². The van der Waals surface area contributed by atoms with Crippen LogP contribution in [0.4, 0.5) is 11.6 Å². The van der Waals surface area contributed by atoms with Crippen molar-refractivity contribution in [2.24, 2.45) is 0 Å². The molecule has 12 nitrogen and oxygen atoms in total. The fraction of sp³-hybridized carbons (Fsp3) is 0.167. The lowest BCUT2D eigenvalue weighted by atomic mass is 10.2. The second kappa shape index (κ2) is 5.62. The number of fused-ring (bicyclic) bond motifs is 1. The summed E-state index contributed by atoms with van der Waals surface area (Å²) < 4.78 is 29.2. The van der Waals surface area contributed by atoms with Crippen LogP contribution in [0.2, 0.25) is 0 Å². The second-order valence-corrected chi connectivity index (χ2v) is 6.84. The zero-order valence-corrected chi connectivity index (χ0v) is 13.8. The lowest BCUT2D eigenvalue weighted by Crippen LogP contribution is -2.11. The Hall–Kier alpha value is -3.35. The number of hydrogen-bond donors (Lipinski definition) is 1. The first-order valence-electron chi connectivity index (χ1n) is 6.64. The number of sulfone groups is 1. The van der Waals surface area contributed by atoms with Crippen molar-refractivity contribution in [3.8, 4) is 17.1 Å². The first kappa shape index (κ1) is 16.5. The molecule has 0 atom stereocenters. The van der Waals surface area contributed by atoms with Gasteiger partial charge in [-0.2, -0.15) is 19.5 Å². The second-order valence-electron chi connectivity index (χ2n) is 4.93. The number of nitrogens with two attached hydrogens (primary N) is 1. The van der Waals surface area contributed by atoms with Gasteiger partial charge in [-0.15, -0.1) is 5.10 Å². The van der Waals surface area contributed by atoms with Crippen LogP contribution in [0.25, 0.3) is 17.2 Å². The highest BCUT2D eigenvalue weighted by atomic mass is 32.2. The molecule has 0 radical (unpaired) electrons. The third-order valence-corrected chi connectivity index (χ3v) is 4.03. The number of benzene rings is 1. The Bertz CT molecular complexity index is 1110. The van der Waals surface area contributed by atoms with Crippen LogP contribution in [0.5, 0.6) is 5.75 Å². The molecule has 25 heavy (non-hydrogen) atoms. The highest BCUT2D eigenvalue weighted by Crippen LogP contribution is 2.31. The molecule has 13 heteroatoms. The molecular formula is C12H11N7O5S. The molecule has 130 valence electrons. The summed E-state index contributed by atoms with van der Waals surface area (Å²) in [5, 5.41) is 14.6. The molecule has 0 aliphatic carbocycles. The van der Waals surface area contributed by atoms with E-state index < -0.39 is 19.9 Å². The predicted molar refractivity (Wildman–Crippen MR) is 84.7 cm³/mol. The Morgan fingerprint density at radius 2 is 2.00 bits per heavy atom. The number of nitrogen functional groups attached to an aromatic ring is 1. The molecule has 1 aromatic carbocycles. The standard InChI is InChI=1S/C12H11N7O5S/c1-24-8-5-6(3-4-7(8)19(20)21)9-14-11-16-12(25(2,22)23)15-10(13)18(11)17-9/h3-5H,1-2H3,(H2,13,14,15,16,17). The number of aromatic nitrogens is 5. The van der Waals surface area contributed by atoms with Crippen LogP contribution in [-0.4, -0.2) is 51.3 Å². The number of nitro groups is 1. The summed E-state index contributed by atoms with van der Waals surface area (Å²) in [4.78, 5) is 21.9. The van der Waals surface area contributed by atoms with Gasteiger partial charge in [-0.3, -0.25) is 10.1 Å². The maximum Gasteiger partial charge on any atom is 0.310 e. The molecule has 0 aliphatic rings. The summed E-state index contributed by atoms with van der Waals surface area (Å²) in [5.41, 5.74) is 5.88. The molecule has 0 unspecified atom stereocenters. The van der Waals surface area contributed by atoms with Crippen LogP contribution >= 0.6 is 0 Å². The van der Waals surface area contributed by atoms with Gasteiger partial charge < -0.3 is 10.5 Å². The minimum atomic E-state index is -3.68. The quantitative estimate of drug-likeness (QED) is 0.494. The van der Waals surface area contributed by atoms with E-state index in [2.05, 4.69) is 20.1 Å². The maximum absolute atomic E-state index is 11.6. The molecule has 0 bridgehead atoms.